The maximum absolute atomic E-state index is 13.0. The molecule has 0 radical (unpaired) electrons. The van der Waals surface area contributed by atoms with Crippen LogP contribution in [-0.4, -0.2) is 27.5 Å². The highest BCUT2D eigenvalue weighted by Crippen LogP contribution is 2.21. The molecule has 0 aliphatic rings. The van der Waals surface area contributed by atoms with Gasteiger partial charge in [0, 0.05) is 24.8 Å². The number of benzene rings is 1. The number of halogens is 2. The number of nitrogens with one attached hydrogen (secondary N) is 1. The molecule has 1 aromatic heterocycles. The van der Waals surface area contributed by atoms with E-state index in [1.54, 1.807) is 16.8 Å². The molecule has 126 valence electrons. The van der Waals surface area contributed by atoms with Crippen LogP contribution in [0, 0.1) is 12.7 Å². The van der Waals surface area contributed by atoms with E-state index in [9.17, 15) is 4.39 Å². The summed E-state index contributed by atoms with van der Waals surface area (Å²) in [5.41, 5.74) is 2.79. The lowest BCUT2D eigenvalue weighted by atomic mass is 10.1. The molecule has 0 bridgehead atoms. The number of hydrogen-bond acceptors (Lipinski definition) is 3. The van der Waals surface area contributed by atoms with Gasteiger partial charge in [-0.15, -0.1) is 0 Å². The molecule has 0 amide bonds. The first-order valence-electron chi connectivity index (χ1n) is 7.85. The van der Waals surface area contributed by atoms with E-state index in [-0.39, 0.29) is 18.5 Å². The fourth-order valence-electron chi connectivity index (χ4n) is 2.51. The van der Waals surface area contributed by atoms with E-state index < -0.39 is 0 Å². The van der Waals surface area contributed by atoms with Gasteiger partial charge in [0.2, 0.25) is 0 Å². The SMILES string of the molecule is CCC(CCO)NCc1c(C)nn(Cc2ccc(F)cc2)c1Cl. The molecule has 1 atom stereocenters. The Balaban J connectivity index is 2.07. The van der Waals surface area contributed by atoms with Gasteiger partial charge in [-0.25, -0.2) is 9.07 Å². The van der Waals surface area contributed by atoms with Crippen LogP contribution in [0.5, 0.6) is 0 Å². The molecule has 1 heterocycles. The minimum Gasteiger partial charge on any atom is -0.396 e. The zero-order chi connectivity index (χ0) is 16.8. The number of rotatable bonds is 8. The number of aliphatic hydroxyl groups is 1. The van der Waals surface area contributed by atoms with Crippen molar-refractivity contribution >= 4 is 11.6 Å². The van der Waals surface area contributed by atoms with Crippen LogP contribution in [0.4, 0.5) is 4.39 Å². The van der Waals surface area contributed by atoms with Crippen molar-refractivity contribution in [2.24, 2.45) is 0 Å². The summed E-state index contributed by atoms with van der Waals surface area (Å²) in [5, 5.41) is 17.5. The zero-order valence-electron chi connectivity index (χ0n) is 13.5. The fourth-order valence-corrected chi connectivity index (χ4v) is 2.81. The summed E-state index contributed by atoms with van der Waals surface area (Å²) in [6, 6.07) is 6.59. The number of aromatic nitrogens is 2. The van der Waals surface area contributed by atoms with Crippen molar-refractivity contribution in [2.45, 2.75) is 45.8 Å². The van der Waals surface area contributed by atoms with Crippen molar-refractivity contribution in [3.8, 4) is 0 Å². The summed E-state index contributed by atoms with van der Waals surface area (Å²) >= 11 is 6.45. The summed E-state index contributed by atoms with van der Waals surface area (Å²) in [7, 11) is 0. The first-order valence-corrected chi connectivity index (χ1v) is 8.23. The number of aryl methyl sites for hydroxylation is 1. The first-order chi connectivity index (χ1) is 11.0. The van der Waals surface area contributed by atoms with Crippen molar-refractivity contribution in [2.75, 3.05) is 6.61 Å². The smallest absolute Gasteiger partial charge is 0.132 e. The summed E-state index contributed by atoms with van der Waals surface area (Å²) in [6.07, 6.45) is 1.66. The van der Waals surface area contributed by atoms with Gasteiger partial charge in [0.05, 0.1) is 12.2 Å². The molecular formula is C17H23ClFN3O. The minimum atomic E-state index is -0.254. The molecule has 1 aromatic carbocycles. The molecule has 1 unspecified atom stereocenters. The van der Waals surface area contributed by atoms with Gasteiger partial charge >= 0.3 is 0 Å². The van der Waals surface area contributed by atoms with Gasteiger partial charge in [-0.2, -0.15) is 5.10 Å². The summed E-state index contributed by atoms with van der Waals surface area (Å²) in [5.74, 6) is -0.254. The summed E-state index contributed by atoms with van der Waals surface area (Å²) in [6.45, 7) is 5.30. The molecule has 4 nitrogen and oxygen atoms in total. The second kappa shape index (κ2) is 8.43. The van der Waals surface area contributed by atoms with Gasteiger partial charge in [0.15, 0.2) is 0 Å². The Morgan fingerprint density at radius 1 is 1.35 bits per heavy atom. The Kier molecular flexibility index (Phi) is 6.57. The lowest BCUT2D eigenvalue weighted by molar-refractivity contribution is 0.262. The monoisotopic (exact) mass is 339 g/mol. The van der Waals surface area contributed by atoms with Crippen LogP contribution < -0.4 is 5.32 Å². The predicted molar refractivity (Wildman–Crippen MR) is 90.1 cm³/mol. The third kappa shape index (κ3) is 4.77. The van der Waals surface area contributed by atoms with Crippen LogP contribution >= 0.6 is 11.6 Å². The third-order valence-corrected chi connectivity index (χ3v) is 4.39. The molecule has 0 aliphatic carbocycles. The van der Waals surface area contributed by atoms with Gasteiger partial charge in [-0.1, -0.05) is 30.7 Å². The Hall–Kier alpha value is -1.43. The quantitative estimate of drug-likeness (QED) is 0.776. The Morgan fingerprint density at radius 3 is 2.65 bits per heavy atom. The molecule has 0 saturated heterocycles. The molecule has 2 aromatic rings. The normalized spacial score (nSPS) is 12.6. The van der Waals surface area contributed by atoms with E-state index in [4.69, 9.17) is 16.7 Å². The van der Waals surface area contributed by atoms with E-state index in [1.165, 1.54) is 12.1 Å². The molecule has 23 heavy (non-hydrogen) atoms. The van der Waals surface area contributed by atoms with Crippen LogP contribution in [0.2, 0.25) is 5.15 Å². The maximum Gasteiger partial charge on any atom is 0.132 e. The Labute approximate surface area is 141 Å². The topological polar surface area (TPSA) is 50.1 Å². The number of hydrogen-bond donors (Lipinski definition) is 2. The average Bonchev–Trinajstić information content (AvgIpc) is 2.80. The van der Waals surface area contributed by atoms with Crippen LogP contribution in [0.3, 0.4) is 0 Å². The molecule has 2 rings (SSSR count). The second-order valence-corrected chi connectivity index (χ2v) is 6.00. The van der Waals surface area contributed by atoms with E-state index in [2.05, 4.69) is 17.3 Å². The number of nitrogens with zero attached hydrogens (tertiary/aromatic N) is 2. The second-order valence-electron chi connectivity index (χ2n) is 5.64. The van der Waals surface area contributed by atoms with E-state index in [1.807, 2.05) is 6.92 Å². The van der Waals surface area contributed by atoms with Crippen molar-refractivity contribution in [3.05, 3.63) is 52.1 Å². The van der Waals surface area contributed by atoms with Crippen LogP contribution in [0.15, 0.2) is 24.3 Å². The highest BCUT2D eigenvalue weighted by Gasteiger charge is 2.15. The van der Waals surface area contributed by atoms with Crippen molar-refractivity contribution < 1.29 is 9.50 Å². The predicted octanol–water partition coefficient (Wildman–Crippen LogP) is 3.28. The van der Waals surface area contributed by atoms with Gasteiger partial charge in [0.1, 0.15) is 11.0 Å². The molecule has 6 heteroatoms. The molecule has 0 aliphatic heterocycles. The summed E-state index contributed by atoms with van der Waals surface area (Å²) < 4.78 is 14.7. The Bertz CT molecular complexity index is 628. The van der Waals surface area contributed by atoms with Gasteiger partial charge < -0.3 is 10.4 Å². The standard InChI is InChI=1S/C17H23ClFN3O/c1-3-15(8-9-23)20-10-16-12(2)21-22(17(16)18)11-13-4-6-14(19)7-5-13/h4-7,15,20,23H,3,8-11H2,1-2H3. The van der Waals surface area contributed by atoms with E-state index in [0.29, 0.717) is 18.2 Å². The van der Waals surface area contributed by atoms with Gasteiger partial charge in [-0.05, 0) is 37.5 Å². The molecule has 0 saturated carbocycles. The molecular weight excluding hydrogens is 317 g/mol. The van der Waals surface area contributed by atoms with Crippen molar-refractivity contribution in [1.82, 2.24) is 15.1 Å². The van der Waals surface area contributed by atoms with Crippen LogP contribution in [0.25, 0.3) is 0 Å². The summed E-state index contributed by atoms with van der Waals surface area (Å²) in [4.78, 5) is 0. The zero-order valence-corrected chi connectivity index (χ0v) is 14.3. The largest absolute Gasteiger partial charge is 0.396 e. The van der Waals surface area contributed by atoms with Crippen LogP contribution in [-0.2, 0) is 13.1 Å². The first kappa shape index (κ1) is 17.9. The van der Waals surface area contributed by atoms with Gasteiger partial charge in [0.25, 0.3) is 0 Å². The number of aliphatic hydroxyl groups excluding tert-OH is 1. The highest BCUT2D eigenvalue weighted by atomic mass is 35.5. The van der Waals surface area contributed by atoms with E-state index >= 15 is 0 Å². The lowest BCUT2D eigenvalue weighted by Gasteiger charge is -2.15. The molecule has 0 spiro atoms. The lowest BCUT2D eigenvalue weighted by Crippen LogP contribution is -2.29. The maximum atomic E-state index is 13.0. The van der Waals surface area contributed by atoms with Crippen molar-refractivity contribution in [3.63, 3.8) is 0 Å². The third-order valence-electron chi connectivity index (χ3n) is 3.97. The molecule has 2 N–H and O–H groups in total. The van der Waals surface area contributed by atoms with Gasteiger partial charge in [-0.3, -0.25) is 0 Å². The van der Waals surface area contributed by atoms with E-state index in [0.717, 1.165) is 29.7 Å². The molecule has 0 fully saturated rings. The van der Waals surface area contributed by atoms with Crippen molar-refractivity contribution in [1.29, 1.82) is 0 Å². The fraction of sp³-hybridized carbons (Fsp3) is 0.471. The minimum absolute atomic E-state index is 0.169. The Morgan fingerprint density at radius 2 is 2.04 bits per heavy atom. The highest BCUT2D eigenvalue weighted by molar-refractivity contribution is 6.30. The van der Waals surface area contributed by atoms with Crippen LogP contribution in [0.1, 0.15) is 36.6 Å². The average molecular weight is 340 g/mol.